The van der Waals surface area contributed by atoms with Crippen molar-refractivity contribution in [2.24, 2.45) is 0 Å². The Hall–Kier alpha value is -3.02. The molecule has 30 heavy (non-hydrogen) atoms. The molecular weight excluding hydrogens is 420 g/mol. The van der Waals surface area contributed by atoms with Gasteiger partial charge in [-0.2, -0.15) is 5.26 Å². The first kappa shape index (κ1) is 21.7. The molecule has 1 aromatic carbocycles. The van der Waals surface area contributed by atoms with E-state index in [9.17, 15) is 14.9 Å². The van der Waals surface area contributed by atoms with Gasteiger partial charge in [0.25, 0.3) is 0 Å². The summed E-state index contributed by atoms with van der Waals surface area (Å²) in [6, 6.07) is 15.4. The number of thiophene rings is 1. The Morgan fingerprint density at radius 1 is 1.23 bits per heavy atom. The number of ether oxygens (including phenoxy) is 2. The lowest BCUT2D eigenvalue weighted by atomic mass is 9.85. The van der Waals surface area contributed by atoms with Crippen LogP contribution in [0.25, 0.3) is 5.70 Å². The monoisotopic (exact) mass is 440 g/mol. The molecule has 2 aromatic rings. The zero-order chi connectivity index (χ0) is 21.5. The summed E-state index contributed by atoms with van der Waals surface area (Å²) in [6.07, 6.45) is 0. The fraction of sp³-hybridized carbons (Fsp3) is 0.227. The molecule has 0 radical (unpaired) electrons. The summed E-state index contributed by atoms with van der Waals surface area (Å²) in [4.78, 5) is 25.6. The Kier molecular flexibility index (Phi) is 7.33. The SMILES string of the molecule is CCOC(=O)C1=C(c2ccccc2)NC(SCC(=O)OC)=C(C#N)C1c1cccs1. The number of thioether (sulfide) groups is 1. The second-order valence-electron chi connectivity index (χ2n) is 6.17. The second-order valence-corrected chi connectivity index (χ2v) is 8.13. The largest absolute Gasteiger partial charge is 0.468 e. The molecule has 1 aliphatic rings. The number of nitrogens with zero attached hydrogens (tertiary/aromatic N) is 1. The molecule has 0 amide bonds. The third-order valence-corrected chi connectivity index (χ3v) is 6.33. The molecule has 1 atom stereocenters. The topological polar surface area (TPSA) is 88.4 Å². The summed E-state index contributed by atoms with van der Waals surface area (Å²) < 4.78 is 10.1. The molecule has 0 saturated heterocycles. The molecular formula is C22H20N2O4S2. The quantitative estimate of drug-likeness (QED) is 0.650. The molecule has 0 fully saturated rings. The molecule has 0 bridgehead atoms. The van der Waals surface area contributed by atoms with Gasteiger partial charge in [-0.25, -0.2) is 4.79 Å². The van der Waals surface area contributed by atoms with Crippen LogP contribution in [0.3, 0.4) is 0 Å². The average Bonchev–Trinajstić information content (AvgIpc) is 3.31. The van der Waals surface area contributed by atoms with Crippen LogP contribution < -0.4 is 5.32 Å². The fourth-order valence-corrected chi connectivity index (χ4v) is 4.80. The van der Waals surface area contributed by atoms with E-state index in [1.165, 1.54) is 30.2 Å². The van der Waals surface area contributed by atoms with Crippen molar-refractivity contribution in [2.75, 3.05) is 19.5 Å². The van der Waals surface area contributed by atoms with Crippen molar-refractivity contribution in [2.45, 2.75) is 12.8 Å². The molecule has 1 aromatic heterocycles. The van der Waals surface area contributed by atoms with E-state index in [2.05, 4.69) is 11.4 Å². The van der Waals surface area contributed by atoms with E-state index in [1.54, 1.807) is 6.92 Å². The van der Waals surface area contributed by atoms with Crippen LogP contribution in [0.15, 0.2) is 64.0 Å². The average molecular weight is 441 g/mol. The number of nitrogens with one attached hydrogen (secondary N) is 1. The predicted molar refractivity (Wildman–Crippen MR) is 117 cm³/mol. The summed E-state index contributed by atoms with van der Waals surface area (Å²) >= 11 is 2.64. The Morgan fingerprint density at radius 3 is 2.60 bits per heavy atom. The summed E-state index contributed by atoms with van der Waals surface area (Å²) in [5.41, 5.74) is 2.10. The van der Waals surface area contributed by atoms with Crippen LogP contribution >= 0.6 is 23.1 Å². The van der Waals surface area contributed by atoms with E-state index < -0.39 is 17.9 Å². The lowest BCUT2D eigenvalue weighted by molar-refractivity contribution is -0.139. The van der Waals surface area contributed by atoms with Crippen molar-refractivity contribution in [3.63, 3.8) is 0 Å². The predicted octanol–water partition coefficient (Wildman–Crippen LogP) is 4.05. The lowest BCUT2D eigenvalue weighted by Gasteiger charge is -2.30. The van der Waals surface area contributed by atoms with Crippen molar-refractivity contribution in [3.05, 3.63) is 74.5 Å². The van der Waals surface area contributed by atoms with E-state index in [0.29, 0.717) is 21.9 Å². The molecule has 6 nitrogen and oxygen atoms in total. The summed E-state index contributed by atoms with van der Waals surface area (Å²) in [7, 11) is 1.32. The van der Waals surface area contributed by atoms with Crippen LogP contribution in [-0.2, 0) is 19.1 Å². The number of carbonyl (C=O) groups is 2. The smallest absolute Gasteiger partial charge is 0.337 e. The van der Waals surface area contributed by atoms with Crippen molar-refractivity contribution in [1.82, 2.24) is 5.32 Å². The number of allylic oxidation sites excluding steroid dienone is 1. The standard InChI is InChI=1S/C22H20N2O4S2/c1-3-28-22(26)19-18(16-10-7-11-29-16)15(12-23)21(30-13-17(25)27-2)24-20(19)14-8-5-4-6-9-14/h4-11,18,24H,3,13H2,1-2H3. The molecule has 1 N–H and O–H groups in total. The molecule has 0 spiro atoms. The van der Waals surface area contributed by atoms with Crippen LogP contribution in [0, 0.1) is 11.3 Å². The van der Waals surface area contributed by atoms with Gasteiger partial charge >= 0.3 is 11.9 Å². The molecule has 1 unspecified atom stereocenters. The van der Waals surface area contributed by atoms with Crippen molar-refractivity contribution in [1.29, 1.82) is 5.26 Å². The zero-order valence-electron chi connectivity index (χ0n) is 16.5. The number of esters is 2. The van der Waals surface area contributed by atoms with Gasteiger partial charge < -0.3 is 14.8 Å². The highest BCUT2D eigenvalue weighted by atomic mass is 32.2. The number of benzene rings is 1. The molecule has 0 saturated carbocycles. The third kappa shape index (κ3) is 4.58. The van der Waals surface area contributed by atoms with Gasteiger partial charge in [0.2, 0.25) is 0 Å². The number of methoxy groups -OCH3 is 1. The molecule has 8 heteroatoms. The van der Waals surface area contributed by atoms with Crippen LogP contribution in [0.2, 0.25) is 0 Å². The van der Waals surface area contributed by atoms with E-state index in [4.69, 9.17) is 9.47 Å². The van der Waals surface area contributed by atoms with E-state index >= 15 is 0 Å². The third-order valence-electron chi connectivity index (χ3n) is 4.40. The van der Waals surface area contributed by atoms with Gasteiger partial charge in [0, 0.05) is 4.88 Å². The Bertz CT molecular complexity index is 1020. The maximum atomic E-state index is 13.0. The number of hydrogen-bond acceptors (Lipinski definition) is 8. The summed E-state index contributed by atoms with van der Waals surface area (Å²) in [6.45, 7) is 1.97. The summed E-state index contributed by atoms with van der Waals surface area (Å²) in [5, 5.41) is 15.6. The second kappa shape index (κ2) is 10.1. The van der Waals surface area contributed by atoms with Crippen LogP contribution in [-0.4, -0.2) is 31.4 Å². The highest BCUT2D eigenvalue weighted by molar-refractivity contribution is 8.03. The van der Waals surface area contributed by atoms with Crippen molar-refractivity contribution in [3.8, 4) is 6.07 Å². The zero-order valence-corrected chi connectivity index (χ0v) is 18.1. The minimum absolute atomic E-state index is 0.0397. The van der Waals surface area contributed by atoms with Crippen molar-refractivity contribution < 1.29 is 19.1 Å². The minimum atomic E-state index is -0.592. The van der Waals surface area contributed by atoms with E-state index in [0.717, 1.165) is 10.4 Å². The van der Waals surface area contributed by atoms with Gasteiger partial charge in [0.15, 0.2) is 0 Å². The number of carbonyl (C=O) groups excluding carboxylic acids is 2. The van der Waals surface area contributed by atoms with Gasteiger partial charge in [-0.3, -0.25) is 4.79 Å². The molecule has 2 heterocycles. The maximum absolute atomic E-state index is 13.0. The maximum Gasteiger partial charge on any atom is 0.337 e. The van der Waals surface area contributed by atoms with Gasteiger partial charge in [-0.1, -0.05) is 48.2 Å². The van der Waals surface area contributed by atoms with Crippen LogP contribution in [0.5, 0.6) is 0 Å². The van der Waals surface area contributed by atoms with Gasteiger partial charge in [-0.05, 0) is 23.9 Å². The van der Waals surface area contributed by atoms with E-state index in [-0.39, 0.29) is 12.4 Å². The number of hydrogen-bond donors (Lipinski definition) is 1. The number of nitriles is 1. The highest BCUT2D eigenvalue weighted by Gasteiger charge is 2.37. The molecule has 0 aliphatic carbocycles. The molecule has 3 rings (SSSR count). The number of dihydropyridines is 1. The fourth-order valence-electron chi connectivity index (χ4n) is 3.09. The first-order valence-electron chi connectivity index (χ1n) is 9.21. The van der Waals surface area contributed by atoms with E-state index in [1.807, 2.05) is 47.8 Å². The molecule has 1 aliphatic heterocycles. The number of rotatable bonds is 7. The highest BCUT2D eigenvalue weighted by Crippen LogP contribution is 2.44. The van der Waals surface area contributed by atoms with Gasteiger partial charge in [0.1, 0.15) is 0 Å². The van der Waals surface area contributed by atoms with Gasteiger partial charge in [0.05, 0.1) is 53.3 Å². The Balaban J connectivity index is 2.19. The summed E-state index contributed by atoms with van der Waals surface area (Å²) in [5.74, 6) is -1.43. The minimum Gasteiger partial charge on any atom is -0.468 e. The molecule has 154 valence electrons. The first-order chi connectivity index (χ1) is 14.6. The van der Waals surface area contributed by atoms with Crippen molar-refractivity contribution >= 4 is 40.7 Å². The van der Waals surface area contributed by atoms with Crippen LogP contribution in [0.1, 0.15) is 23.3 Å². The van der Waals surface area contributed by atoms with Crippen LogP contribution in [0.4, 0.5) is 0 Å². The Labute approximate surface area is 183 Å². The Morgan fingerprint density at radius 2 is 2.00 bits per heavy atom. The lowest BCUT2D eigenvalue weighted by Crippen LogP contribution is -2.29. The van der Waals surface area contributed by atoms with Gasteiger partial charge in [-0.15, -0.1) is 11.3 Å². The first-order valence-corrected chi connectivity index (χ1v) is 11.1. The normalized spacial score (nSPS) is 16.0.